The summed E-state index contributed by atoms with van der Waals surface area (Å²) in [4.78, 5) is 24.7. The summed E-state index contributed by atoms with van der Waals surface area (Å²) in [6.45, 7) is 4.99. The number of carbonyl (C=O) groups excluding carboxylic acids is 2. The quantitative estimate of drug-likeness (QED) is 0.0417. The number of aliphatic hydroxyl groups is 2. The molecule has 1 amide bonds. The average Bonchev–Trinajstić information content (AvgIpc) is 3.40. The smallest absolute Gasteiger partial charge is 0.305 e. The van der Waals surface area contributed by atoms with Gasteiger partial charge in [-0.15, -0.1) is 0 Å². The molecule has 0 aliphatic rings. The van der Waals surface area contributed by atoms with Crippen molar-refractivity contribution in [2.24, 2.45) is 0 Å². The lowest BCUT2D eigenvalue weighted by atomic mass is 10.0. The number of ether oxygens (including phenoxy) is 1. The van der Waals surface area contributed by atoms with Crippen molar-refractivity contribution in [2.45, 2.75) is 411 Å². The van der Waals surface area contributed by atoms with Gasteiger partial charge >= 0.3 is 5.97 Å². The number of hydrogen-bond donors (Lipinski definition) is 3. The van der Waals surface area contributed by atoms with E-state index in [0.29, 0.717) is 25.9 Å². The van der Waals surface area contributed by atoms with E-state index < -0.39 is 12.1 Å². The van der Waals surface area contributed by atoms with Gasteiger partial charge < -0.3 is 20.3 Å². The Morgan fingerprint density at radius 3 is 0.824 bits per heavy atom. The Bertz CT molecular complexity index is 1070. The fourth-order valence-electron chi connectivity index (χ4n) is 11.2. The van der Waals surface area contributed by atoms with E-state index >= 15 is 0 Å². The van der Waals surface area contributed by atoms with Gasteiger partial charge in [0.05, 0.1) is 25.4 Å². The number of carbonyl (C=O) groups is 2. The summed E-state index contributed by atoms with van der Waals surface area (Å²) in [5.41, 5.74) is 0. The van der Waals surface area contributed by atoms with Crippen LogP contribution in [0.25, 0.3) is 0 Å². The average molecular weight is 1050 g/mol. The van der Waals surface area contributed by atoms with Crippen molar-refractivity contribution in [3.63, 3.8) is 0 Å². The molecule has 2 unspecified atom stereocenters. The molecule has 2 atom stereocenters. The first-order valence-electron chi connectivity index (χ1n) is 34.3. The summed E-state index contributed by atoms with van der Waals surface area (Å²) in [7, 11) is 0. The first kappa shape index (κ1) is 72.9. The van der Waals surface area contributed by atoms with Gasteiger partial charge in [0.2, 0.25) is 5.91 Å². The molecule has 0 aliphatic heterocycles. The number of unbranched alkanes of at least 4 members (excludes halogenated alkanes) is 54. The van der Waals surface area contributed by atoms with Crippen molar-refractivity contribution in [1.82, 2.24) is 5.32 Å². The maximum Gasteiger partial charge on any atom is 0.305 e. The molecule has 3 N–H and O–H groups in total. The molecule has 0 aromatic rings. The number of hydrogen-bond acceptors (Lipinski definition) is 5. The molecule has 0 aromatic carbocycles. The molecule has 0 saturated carbocycles. The van der Waals surface area contributed by atoms with Crippen LogP contribution in [0.5, 0.6) is 0 Å². The molecule has 0 spiro atoms. The highest BCUT2D eigenvalue weighted by Crippen LogP contribution is 2.19. The zero-order valence-electron chi connectivity index (χ0n) is 50.6. The third kappa shape index (κ3) is 60.1. The van der Waals surface area contributed by atoms with Crippen LogP contribution in [0.2, 0.25) is 0 Å². The largest absolute Gasteiger partial charge is 0.466 e. The van der Waals surface area contributed by atoms with Gasteiger partial charge in [0.1, 0.15) is 0 Å². The van der Waals surface area contributed by atoms with Gasteiger partial charge in [-0.1, -0.05) is 361 Å². The molecule has 0 radical (unpaired) electrons. The maximum absolute atomic E-state index is 12.5. The number of rotatable bonds is 65. The molecule has 0 heterocycles. The van der Waals surface area contributed by atoms with Gasteiger partial charge in [0.15, 0.2) is 0 Å². The lowest BCUT2D eigenvalue weighted by Crippen LogP contribution is -2.45. The maximum atomic E-state index is 12.5. The summed E-state index contributed by atoms with van der Waals surface area (Å²) in [5, 5.41) is 23.4. The number of amides is 1. The minimum absolute atomic E-state index is 0.00942. The molecule has 0 aliphatic carbocycles. The molecular formula is C68H135NO5. The highest BCUT2D eigenvalue weighted by molar-refractivity contribution is 5.76. The minimum atomic E-state index is -0.669. The van der Waals surface area contributed by atoms with Gasteiger partial charge in [-0.3, -0.25) is 9.59 Å². The molecule has 74 heavy (non-hydrogen) atoms. The predicted octanol–water partition coefficient (Wildman–Crippen LogP) is 21.8. The zero-order valence-corrected chi connectivity index (χ0v) is 50.6. The standard InChI is InChI=1S/C68H135NO5/c1-3-5-7-9-11-13-15-17-19-21-23-24-25-26-27-28-32-36-40-44-48-52-56-60-66(71)65(64-70)69-67(72)61-57-53-49-45-41-37-33-30-31-35-39-43-47-51-55-59-63-74-68(73)62-58-54-50-46-42-38-34-29-22-20-18-16-14-12-10-8-6-4-2/h65-66,70-71H,3-64H2,1-2H3,(H,69,72). The van der Waals surface area contributed by atoms with Crippen molar-refractivity contribution in [2.75, 3.05) is 13.2 Å². The van der Waals surface area contributed by atoms with Crippen LogP contribution >= 0.6 is 0 Å². The Morgan fingerprint density at radius 1 is 0.324 bits per heavy atom. The summed E-state index contributed by atoms with van der Waals surface area (Å²) in [6.07, 6.45) is 77.0. The van der Waals surface area contributed by atoms with Crippen molar-refractivity contribution in [3.05, 3.63) is 0 Å². The lowest BCUT2D eigenvalue weighted by molar-refractivity contribution is -0.143. The van der Waals surface area contributed by atoms with Crippen molar-refractivity contribution >= 4 is 11.9 Å². The van der Waals surface area contributed by atoms with E-state index in [4.69, 9.17) is 4.74 Å². The predicted molar refractivity (Wildman–Crippen MR) is 324 cm³/mol. The van der Waals surface area contributed by atoms with Crippen LogP contribution in [0.1, 0.15) is 399 Å². The fraction of sp³-hybridized carbons (Fsp3) is 0.971. The zero-order chi connectivity index (χ0) is 53.6. The Kier molecular flexibility index (Phi) is 63.4. The highest BCUT2D eigenvalue weighted by atomic mass is 16.5. The van der Waals surface area contributed by atoms with Crippen LogP contribution in [0.15, 0.2) is 0 Å². The SMILES string of the molecule is CCCCCCCCCCCCCCCCCCCCCCCCCC(O)C(CO)NC(=O)CCCCCCCCCCCCCCCCCCOC(=O)CCCCCCCCCCCCCCCCCCCC. The van der Waals surface area contributed by atoms with Crippen molar-refractivity contribution in [3.8, 4) is 0 Å². The first-order chi connectivity index (χ1) is 36.5. The van der Waals surface area contributed by atoms with E-state index in [1.54, 1.807) is 0 Å². The van der Waals surface area contributed by atoms with Crippen LogP contribution < -0.4 is 5.32 Å². The Balaban J connectivity index is 3.39. The summed E-state index contributed by atoms with van der Waals surface area (Å²) < 4.78 is 5.50. The molecule has 0 fully saturated rings. The van der Waals surface area contributed by atoms with Gasteiger partial charge in [-0.25, -0.2) is 0 Å². The second kappa shape index (κ2) is 64.4. The van der Waals surface area contributed by atoms with Crippen molar-refractivity contribution < 1.29 is 24.5 Å². The molecular weight excluding hydrogens is 911 g/mol. The molecule has 442 valence electrons. The van der Waals surface area contributed by atoms with Gasteiger partial charge in [-0.2, -0.15) is 0 Å². The Hall–Kier alpha value is -1.14. The van der Waals surface area contributed by atoms with E-state index in [0.717, 1.165) is 38.5 Å². The number of aliphatic hydroxyl groups excluding tert-OH is 2. The molecule has 6 nitrogen and oxygen atoms in total. The van der Waals surface area contributed by atoms with Gasteiger partial charge in [0.25, 0.3) is 0 Å². The molecule has 0 rings (SSSR count). The minimum Gasteiger partial charge on any atom is -0.466 e. The van der Waals surface area contributed by atoms with Crippen molar-refractivity contribution in [1.29, 1.82) is 0 Å². The van der Waals surface area contributed by atoms with E-state index in [1.807, 2.05) is 0 Å². The van der Waals surface area contributed by atoms with Gasteiger partial charge in [0, 0.05) is 12.8 Å². The van der Waals surface area contributed by atoms with Crippen LogP contribution in [0.3, 0.4) is 0 Å². The molecule has 0 bridgehead atoms. The molecule has 0 aromatic heterocycles. The third-order valence-corrected chi connectivity index (χ3v) is 16.4. The first-order valence-corrected chi connectivity index (χ1v) is 34.3. The number of esters is 1. The molecule has 0 saturated heterocycles. The van der Waals surface area contributed by atoms with Crippen LogP contribution in [0.4, 0.5) is 0 Å². The monoisotopic (exact) mass is 1050 g/mol. The van der Waals surface area contributed by atoms with Crippen LogP contribution in [0, 0.1) is 0 Å². The highest BCUT2D eigenvalue weighted by Gasteiger charge is 2.20. The summed E-state index contributed by atoms with van der Waals surface area (Å²) >= 11 is 0. The number of nitrogens with one attached hydrogen (secondary N) is 1. The normalized spacial score (nSPS) is 12.4. The van der Waals surface area contributed by atoms with E-state index in [1.165, 1.54) is 327 Å². The van der Waals surface area contributed by atoms with E-state index in [9.17, 15) is 19.8 Å². The third-order valence-electron chi connectivity index (χ3n) is 16.4. The van der Waals surface area contributed by atoms with Gasteiger partial charge in [-0.05, 0) is 25.7 Å². The van der Waals surface area contributed by atoms with Crippen LogP contribution in [-0.4, -0.2) is 47.4 Å². The van der Waals surface area contributed by atoms with E-state index in [2.05, 4.69) is 19.2 Å². The summed E-state index contributed by atoms with van der Waals surface area (Å²) in [6, 6.07) is -0.547. The Morgan fingerprint density at radius 2 is 0.554 bits per heavy atom. The second-order valence-electron chi connectivity index (χ2n) is 23.9. The lowest BCUT2D eigenvalue weighted by Gasteiger charge is -2.22. The summed E-state index contributed by atoms with van der Waals surface area (Å²) in [5.74, 6) is -0.0265. The topological polar surface area (TPSA) is 95.9 Å². The fourth-order valence-corrected chi connectivity index (χ4v) is 11.2. The van der Waals surface area contributed by atoms with Crippen LogP contribution in [-0.2, 0) is 14.3 Å². The second-order valence-corrected chi connectivity index (χ2v) is 23.9. The Labute approximate surface area is 464 Å². The van der Waals surface area contributed by atoms with E-state index in [-0.39, 0.29) is 18.5 Å². The molecule has 6 heteroatoms.